The Morgan fingerprint density at radius 1 is 0.918 bits per heavy atom. The molecular weight excluding hydrogens is 635 g/mol. The van der Waals surface area contributed by atoms with Gasteiger partial charge in [-0.15, -0.1) is 0 Å². The Hall–Kier alpha value is -4.74. The predicted octanol–water partition coefficient (Wildman–Crippen LogP) is -1.49. The lowest BCUT2D eigenvalue weighted by molar-refractivity contribution is -0.130. The largest absolute Gasteiger partial charge is 0.475 e. The Morgan fingerprint density at radius 2 is 1.53 bits per heavy atom. The molecular formula is C32H47BN8O8. The number of aliphatic hydroxyl groups excluding tert-OH is 1. The molecule has 2 aromatic rings. The van der Waals surface area contributed by atoms with Crippen LogP contribution in [0.2, 0.25) is 0 Å². The molecule has 0 spiro atoms. The molecule has 2 unspecified atom stereocenters. The average molecular weight is 683 g/mol. The van der Waals surface area contributed by atoms with Crippen molar-refractivity contribution in [1.82, 2.24) is 26.2 Å². The molecule has 0 aromatic heterocycles. The first-order valence-electron chi connectivity index (χ1n) is 16.5. The van der Waals surface area contributed by atoms with Gasteiger partial charge < -0.3 is 52.8 Å². The van der Waals surface area contributed by atoms with Crippen LogP contribution in [0.3, 0.4) is 0 Å². The number of rotatable bonds is 18. The lowest BCUT2D eigenvalue weighted by Gasteiger charge is -2.23. The summed E-state index contributed by atoms with van der Waals surface area (Å²) >= 11 is 0. The second-order valence-corrected chi connectivity index (χ2v) is 11.8. The third-order valence-electron chi connectivity index (χ3n) is 8.16. The average Bonchev–Trinajstić information content (AvgIpc) is 3.49. The highest BCUT2D eigenvalue weighted by Crippen LogP contribution is 2.24. The van der Waals surface area contributed by atoms with E-state index in [0.717, 1.165) is 11.3 Å². The van der Waals surface area contributed by atoms with Crippen molar-refractivity contribution < 1.29 is 39.1 Å². The van der Waals surface area contributed by atoms with Crippen molar-refractivity contribution in [3.8, 4) is 0 Å². The third kappa shape index (κ3) is 11.7. The zero-order valence-electron chi connectivity index (χ0n) is 27.7. The number of guanidine groups is 1. The van der Waals surface area contributed by atoms with Gasteiger partial charge in [0, 0.05) is 43.7 Å². The minimum Gasteiger partial charge on any atom is -0.426 e. The van der Waals surface area contributed by atoms with E-state index in [1.54, 1.807) is 37.3 Å². The van der Waals surface area contributed by atoms with Crippen molar-refractivity contribution in [2.45, 2.75) is 70.0 Å². The highest BCUT2D eigenvalue weighted by molar-refractivity contribution is 6.43. The van der Waals surface area contributed by atoms with Crippen LogP contribution in [0, 0.1) is 0 Å². The number of hydrogen-bond donors (Lipinski definition) is 9. The maximum Gasteiger partial charge on any atom is 0.475 e. The first kappa shape index (κ1) is 38.7. The van der Waals surface area contributed by atoms with Crippen molar-refractivity contribution >= 4 is 53.4 Å². The monoisotopic (exact) mass is 682 g/mol. The molecule has 0 aliphatic carbocycles. The fraction of sp³-hybridized carbons (Fsp3) is 0.500. The first-order valence-corrected chi connectivity index (χ1v) is 16.5. The first-order chi connectivity index (χ1) is 23.4. The van der Waals surface area contributed by atoms with E-state index < -0.39 is 43.6 Å². The molecule has 17 heteroatoms. The van der Waals surface area contributed by atoms with Crippen molar-refractivity contribution in [2.24, 2.45) is 16.5 Å². The maximum atomic E-state index is 13.1. The fourth-order valence-electron chi connectivity index (χ4n) is 5.59. The molecule has 0 radical (unpaired) electrons. The molecule has 1 saturated heterocycles. The predicted molar refractivity (Wildman–Crippen MR) is 184 cm³/mol. The summed E-state index contributed by atoms with van der Waals surface area (Å²) in [5.74, 6) is -2.93. The number of likely N-dealkylation sites (tertiary alicyclic amines) is 1. The Morgan fingerprint density at radius 3 is 2.12 bits per heavy atom. The van der Waals surface area contributed by atoms with Gasteiger partial charge in [-0.25, -0.2) is 0 Å². The summed E-state index contributed by atoms with van der Waals surface area (Å²) in [7, 11) is -1.81. The number of nitrogens with two attached hydrogens (primary N) is 2. The van der Waals surface area contributed by atoms with Crippen LogP contribution in [-0.2, 0) is 14.4 Å². The minimum atomic E-state index is -1.81. The Kier molecular flexibility index (Phi) is 15.3. The number of β-amino-alcohol motifs (C(OH)–C–C–N with tert-alkyl or cyclic N) is 1. The van der Waals surface area contributed by atoms with Crippen LogP contribution in [0.1, 0.15) is 72.6 Å². The van der Waals surface area contributed by atoms with Crippen LogP contribution >= 0.6 is 0 Å². The van der Waals surface area contributed by atoms with Crippen molar-refractivity contribution in [3.05, 3.63) is 47.5 Å². The molecule has 1 aliphatic rings. The molecule has 5 amide bonds. The summed E-state index contributed by atoms with van der Waals surface area (Å²) in [5.41, 5.74) is 11.3. The normalized spacial score (nSPS) is 16.0. The van der Waals surface area contributed by atoms with Gasteiger partial charge in [-0.2, -0.15) is 0 Å². The van der Waals surface area contributed by atoms with Gasteiger partial charge in [-0.05, 0) is 61.4 Å². The number of amides is 5. The molecule has 0 bridgehead atoms. The number of nitrogens with one attached hydrogen (secondary N) is 4. The topological polar surface area (TPSA) is 262 Å². The van der Waals surface area contributed by atoms with Crippen molar-refractivity contribution in [3.63, 3.8) is 0 Å². The number of nitrogens with zero attached hydrogens (tertiary/aromatic N) is 2. The molecule has 3 rings (SSSR count). The van der Waals surface area contributed by atoms with Gasteiger partial charge in [-0.3, -0.25) is 29.0 Å². The van der Waals surface area contributed by atoms with Crippen molar-refractivity contribution in [1.29, 1.82) is 0 Å². The standard InChI is InChI=1S/C32H47BN8O8/c1-2-27(43)40-25(11-8-16-38-32(34)35)31(47)37-15-7-3-6-14-36-29(45)23-12-13-24(22-10-5-4-9-21(22)23)30(46)39-18-28(44)41-19-20(42)17-26(41)33(48)49/h4-5,9-10,12-13,20,25-26,42,48-49H,2-3,6-8,11,14-19H2,1H3,(H,36,45)(H,37,47)(H,39,46)(H,40,43)(H4,34,35,38)/t20?,25-,26?/m0/s1. The SMILES string of the molecule is CCC(=O)N[C@@H](CCCN=C(N)N)C(=O)NCCCCCNC(=O)c1ccc(C(=O)NCC(=O)N2CC(O)CC2B(O)O)c2ccccc12. The smallest absolute Gasteiger partial charge is 0.426 e. The number of carbonyl (C=O) groups excluding carboxylic acids is 5. The highest BCUT2D eigenvalue weighted by Gasteiger charge is 2.41. The summed E-state index contributed by atoms with van der Waals surface area (Å²) in [6.45, 7) is 2.38. The van der Waals surface area contributed by atoms with Gasteiger partial charge in [-0.1, -0.05) is 31.2 Å². The van der Waals surface area contributed by atoms with Crippen LogP contribution in [0.4, 0.5) is 0 Å². The molecule has 49 heavy (non-hydrogen) atoms. The summed E-state index contributed by atoms with van der Waals surface area (Å²) < 4.78 is 0. The fourth-order valence-corrected chi connectivity index (χ4v) is 5.59. The number of benzene rings is 2. The van der Waals surface area contributed by atoms with Gasteiger partial charge in [0.05, 0.1) is 18.6 Å². The van der Waals surface area contributed by atoms with E-state index in [0.29, 0.717) is 61.7 Å². The molecule has 1 aliphatic heterocycles. The van der Waals surface area contributed by atoms with E-state index >= 15 is 0 Å². The molecule has 3 atom stereocenters. The number of carbonyl (C=O) groups is 5. The number of unbranched alkanes of at least 4 members (excludes halogenated alkanes) is 2. The lowest BCUT2D eigenvalue weighted by Crippen LogP contribution is -2.49. The van der Waals surface area contributed by atoms with Gasteiger partial charge in [0.25, 0.3) is 11.8 Å². The van der Waals surface area contributed by atoms with E-state index in [9.17, 15) is 39.1 Å². The lowest BCUT2D eigenvalue weighted by atomic mass is 9.77. The zero-order chi connectivity index (χ0) is 35.9. The summed E-state index contributed by atoms with van der Waals surface area (Å²) in [6, 6.07) is 9.28. The van der Waals surface area contributed by atoms with Crippen LogP contribution in [0.5, 0.6) is 0 Å². The van der Waals surface area contributed by atoms with Crippen LogP contribution in [0.25, 0.3) is 10.8 Å². The van der Waals surface area contributed by atoms with Crippen molar-refractivity contribution in [2.75, 3.05) is 32.7 Å². The van der Waals surface area contributed by atoms with Crippen LogP contribution in [-0.4, -0.2) is 113 Å². The summed E-state index contributed by atoms with van der Waals surface area (Å²) in [6.07, 6.45) is 2.36. The van der Waals surface area contributed by atoms with E-state index in [-0.39, 0.29) is 48.6 Å². The maximum absolute atomic E-state index is 13.1. The molecule has 1 fully saturated rings. The quantitative estimate of drug-likeness (QED) is 0.0381. The zero-order valence-corrected chi connectivity index (χ0v) is 27.7. The Bertz CT molecular complexity index is 1500. The van der Waals surface area contributed by atoms with E-state index in [4.69, 9.17) is 11.5 Å². The van der Waals surface area contributed by atoms with Gasteiger partial charge in [0.15, 0.2) is 5.96 Å². The number of fused-ring (bicyclic) bond motifs is 1. The third-order valence-corrected chi connectivity index (χ3v) is 8.16. The Labute approximate surface area is 285 Å². The second-order valence-electron chi connectivity index (χ2n) is 11.8. The number of hydrogen-bond acceptors (Lipinski definition) is 9. The highest BCUT2D eigenvalue weighted by atomic mass is 16.4. The van der Waals surface area contributed by atoms with Gasteiger partial charge >= 0.3 is 7.12 Å². The summed E-state index contributed by atoms with van der Waals surface area (Å²) in [5, 5.41) is 41.0. The second kappa shape index (κ2) is 19.3. The van der Waals surface area contributed by atoms with Crippen LogP contribution in [0.15, 0.2) is 41.4 Å². The molecule has 16 nitrogen and oxygen atoms in total. The van der Waals surface area contributed by atoms with E-state index in [1.807, 2.05) is 0 Å². The number of aliphatic imine (C=N–C) groups is 1. The van der Waals surface area contributed by atoms with Gasteiger partial charge in [0.1, 0.15) is 6.04 Å². The van der Waals surface area contributed by atoms with E-state index in [2.05, 4.69) is 26.3 Å². The number of aliphatic hydroxyl groups is 1. The molecule has 1 heterocycles. The molecule has 2 aromatic carbocycles. The molecule has 11 N–H and O–H groups in total. The minimum absolute atomic E-state index is 0.0235. The molecule has 0 saturated carbocycles. The van der Waals surface area contributed by atoms with Gasteiger partial charge in [0.2, 0.25) is 17.7 Å². The Balaban J connectivity index is 1.47. The van der Waals surface area contributed by atoms with Crippen LogP contribution < -0.4 is 32.7 Å². The molecule has 266 valence electrons. The summed E-state index contributed by atoms with van der Waals surface area (Å²) in [4.78, 5) is 68.4. The van der Waals surface area contributed by atoms with E-state index in [1.165, 1.54) is 6.07 Å².